The topological polar surface area (TPSA) is 77.8 Å². The smallest absolute Gasteiger partial charge is 0.227 e. The predicted molar refractivity (Wildman–Crippen MR) is 191 cm³/mol. The molecule has 0 unspecified atom stereocenters. The molecule has 48 heavy (non-hydrogen) atoms. The minimum Gasteiger partial charge on any atom is -0.456 e. The largest absolute Gasteiger partial charge is 0.456 e. The van der Waals surface area contributed by atoms with E-state index in [1.807, 2.05) is 91.0 Å². The third-order valence-corrected chi connectivity index (χ3v) is 8.94. The molecule has 0 fully saturated rings. The molecule has 0 atom stereocenters. The summed E-state index contributed by atoms with van der Waals surface area (Å²) >= 11 is 0. The Morgan fingerprint density at radius 1 is 0.354 bits per heavy atom. The van der Waals surface area contributed by atoms with E-state index in [4.69, 9.17) is 28.8 Å². The van der Waals surface area contributed by atoms with E-state index in [1.54, 1.807) is 0 Å². The number of aromatic nitrogens is 4. The standard InChI is InChI=1S/C42H24N4O2/c1-3-9-26(10-4-1)39-44-40(46-41(45-39)30-18-21-33-32-13-7-8-14-34(32)47-36(33)24-30)29-17-20-31-28(23-29)16-15-25-19-22-35-38(37(25)31)43-42(48-35)27-11-5-2-6-12-27/h1-24H. The van der Waals surface area contributed by atoms with Crippen LogP contribution in [0, 0.1) is 0 Å². The van der Waals surface area contributed by atoms with Crippen LogP contribution < -0.4 is 0 Å². The molecule has 0 bridgehead atoms. The molecule has 0 radical (unpaired) electrons. The summed E-state index contributed by atoms with van der Waals surface area (Å²) < 4.78 is 12.4. The zero-order valence-electron chi connectivity index (χ0n) is 25.5. The molecule has 10 rings (SSSR count). The van der Waals surface area contributed by atoms with Crippen molar-refractivity contribution in [2.45, 2.75) is 0 Å². The zero-order valence-corrected chi connectivity index (χ0v) is 25.5. The summed E-state index contributed by atoms with van der Waals surface area (Å²) in [5.41, 5.74) is 6.87. The van der Waals surface area contributed by atoms with Crippen LogP contribution in [0.25, 0.3) is 100 Å². The van der Waals surface area contributed by atoms with Crippen LogP contribution in [-0.2, 0) is 0 Å². The predicted octanol–water partition coefficient (Wildman–Crippen LogP) is 10.9. The Bertz CT molecular complexity index is 2840. The van der Waals surface area contributed by atoms with E-state index < -0.39 is 0 Å². The third kappa shape index (κ3) is 4.27. The van der Waals surface area contributed by atoms with Crippen molar-refractivity contribution >= 4 is 54.6 Å². The Morgan fingerprint density at radius 2 is 0.958 bits per heavy atom. The first-order valence-electron chi connectivity index (χ1n) is 15.8. The highest BCUT2D eigenvalue weighted by atomic mass is 16.3. The van der Waals surface area contributed by atoms with Gasteiger partial charge in [-0.1, -0.05) is 103 Å². The van der Waals surface area contributed by atoms with Crippen molar-refractivity contribution in [1.29, 1.82) is 0 Å². The van der Waals surface area contributed by atoms with Crippen molar-refractivity contribution in [3.05, 3.63) is 146 Å². The van der Waals surface area contributed by atoms with Gasteiger partial charge in [-0.05, 0) is 58.6 Å². The number of benzene rings is 7. The zero-order chi connectivity index (χ0) is 31.6. The Morgan fingerprint density at radius 3 is 1.75 bits per heavy atom. The van der Waals surface area contributed by atoms with Gasteiger partial charge in [0.15, 0.2) is 23.1 Å². The van der Waals surface area contributed by atoms with Gasteiger partial charge in [0.05, 0.1) is 0 Å². The summed E-state index contributed by atoms with van der Waals surface area (Å²) in [4.78, 5) is 19.9. The molecule has 6 heteroatoms. The maximum absolute atomic E-state index is 6.21. The van der Waals surface area contributed by atoms with Crippen LogP contribution in [0.4, 0.5) is 0 Å². The molecule has 10 aromatic rings. The summed E-state index contributed by atoms with van der Waals surface area (Å²) in [6.07, 6.45) is 0. The Labute approximate surface area is 274 Å². The first-order valence-corrected chi connectivity index (χ1v) is 15.8. The SMILES string of the molecule is c1ccc(-c2nc(-c3ccc4c(ccc5ccc6oc(-c7ccccc7)nc6c54)c3)nc(-c3ccc4c(c3)oc3ccccc34)n2)cc1. The van der Waals surface area contributed by atoms with Crippen LogP contribution in [0.15, 0.2) is 154 Å². The fourth-order valence-electron chi connectivity index (χ4n) is 6.60. The minimum absolute atomic E-state index is 0.581. The Hall–Kier alpha value is -6.66. The van der Waals surface area contributed by atoms with Crippen LogP contribution in [0.5, 0.6) is 0 Å². The maximum atomic E-state index is 6.21. The van der Waals surface area contributed by atoms with E-state index >= 15 is 0 Å². The second kappa shape index (κ2) is 10.4. The van der Waals surface area contributed by atoms with Crippen LogP contribution in [0.3, 0.4) is 0 Å². The molecular formula is C42H24N4O2. The van der Waals surface area contributed by atoms with E-state index in [0.717, 1.165) is 76.8 Å². The highest BCUT2D eigenvalue weighted by Crippen LogP contribution is 2.37. The fourth-order valence-corrected chi connectivity index (χ4v) is 6.60. The number of nitrogens with zero attached hydrogens (tertiary/aromatic N) is 4. The number of hydrogen-bond donors (Lipinski definition) is 0. The Balaban J connectivity index is 1.14. The van der Waals surface area contributed by atoms with Crippen molar-refractivity contribution in [1.82, 2.24) is 19.9 Å². The van der Waals surface area contributed by atoms with Gasteiger partial charge >= 0.3 is 0 Å². The molecule has 0 spiro atoms. The average molecular weight is 617 g/mol. The van der Waals surface area contributed by atoms with E-state index in [9.17, 15) is 0 Å². The number of hydrogen-bond acceptors (Lipinski definition) is 6. The molecule has 0 saturated carbocycles. The van der Waals surface area contributed by atoms with Crippen LogP contribution in [0.2, 0.25) is 0 Å². The molecule has 3 aromatic heterocycles. The number of rotatable bonds is 4. The quantitative estimate of drug-likeness (QED) is 0.183. The minimum atomic E-state index is 0.581. The molecule has 6 nitrogen and oxygen atoms in total. The van der Waals surface area contributed by atoms with E-state index in [1.165, 1.54) is 0 Å². The summed E-state index contributed by atoms with van der Waals surface area (Å²) in [5, 5.41) is 6.45. The van der Waals surface area contributed by atoms with Crippen molar-refractivity contribution < 1.29 is 8.83 Å². The van der Waals surface area contributed by atoms with Crippen LogP contribution in [0.1, 0.15) is 0 Å². The molecule has 224 valence electrons. The number of fused-ring (bicyclic) bond motifs is 8. The fraction of sp³-hybridized carbons (Fsp3) is 0. The lowest BCUT2D eigenvalue weighted by Gasteiger charge is -2.10. The average Bonchev–Trinajstić information content (AvgIpc) is 3.77. The molecule has 3 heterocycles. The highest BCUT2D eigenvalue weighted by Gasteiger charge is 2.17. The second-order valence-electron chi connectivity index (χ2n) is 11.9. The summed E-state index contributed by atoms with van der Waals surface area (Å²) in [6, 6.07) is 49.0. The first-order chi connectivity index (χ1) is 23.7. The molecule has 7 aromatic carbocycles. The Kier molecular flexibility index (Phi) is 5.77. The van der Waals surface area contributed by atoms with Crippen molar-refractivity contribution in [3.8, 4) is 45.6 Å². The normalized spacial score (nSPS) is 11.8. The maximum Gasteiger partial charge on any atom is 0.227 e. The number of oxazole rings is 1. The second-order valence-corrected chi connectivity index (χ2v) is 11.9. The lowest BCUT2D eigenvalue weighted by molar-refractivity contribution is 0.620. The van der Waals surface area contributed by atoms with Crippen LogP contribution >= 0.6 is 0 Å². The highest BCUT2D eigenvalue weighted by molar-refractivity contribution is 6.18. The monoisotopic (exact) mass is 616 g/mol. The first kappa shape index (κ1) is 26.5. The third-order valence-electron chi connectivity index (χ3n) is 8.94. The van der Waals surface area contributed by atoms with E-state index in [2.05, 4.69) is 54.6 Å². The number of furan rings is 1. The molecule has 0 aliphatic carbocycles. The van der Waals surface area contributed by atoms with Gasteiger partial charge in [0.1, 0.15) is 16.7 Å². The van der Waals surface area contributed by atoms with Gasteiger partial charge in [0.25, 0.3) is 0 Å². The van der Waals surface area contributed by atoms with Crippen molar-refractivity contribution in [2.75, 3.05) is 0 Å². The van der Waals surface area contributed by atoms with Crippen molar-refractivity contribution in [2.24, 2.45) is 0 Å². The molecule has 0 amide bonds. The van der Waals surface area contributed by atoms with Crippen LogP contribution in [-0.4, -0.2) is 19.9 Å². The summed E-state index contributed by atoms with van der Waals surface area (Å²) in [7, 11) is 0. The van der Waals surface area contributed by atoms with E-state index in [0.29, 0.717) is 23.4 Å². The summed E-state index contributed by atoms with van der Waals surface area (Å²) in [6.45, 7) is 0. The van der Waals surface area contributed by atoms with Gasteiger partial charge in [0.2, 0.25) is 5.89 Å². The van der Waals surface area contributed by atoms with Gasteiger partial charge < -0.3 is 8.83 Å². The van der Waals surface area contributed by atoms with Gasteiger partial charge in [-0.25, -0.2) is 19.9 Å². The molecule has 0 aliphatic heterocycles. The molecule has 0 saturated heterocycles. The van der Waals surface area contributed by atoms with Gasteiger partial charge in [-0.2, -0.15) is 0 Å². The van der Waals surface area contributed by atoms with Crippen molar-refractivity contribution in [3.63, 3.8) is 0 Å². The molecule has 0 aliphatic rings. The molecular weight excluding hydrogens is 592 g/mol. The lowest BCUT2D eigenvalue weighted by atomic mass is 9.99. The van der Waals surface area contributed by atoms with Gasteiger partial charge in [-0.3, -0.25) is 0 Å². The molecule has 0 N–H and O–H groups in total. The van der Waals surface area contributed by atoms with E-state index in [-0.39, 0.29) is 0 Å². The number of para-hydroxylation sites is 1. The summed E-state index contributed by atoms with van der Waals surface area (Å²) in [5.74, 6) is 2.39. The lowest BCUT2D eigenvalue weighted by Crippen LogP contribution is -2.00. The van der Waals surface area contributed by atoms with Gasteiger partial charge in [-0.15, -0.1) is 0 Å². The van der Waals surface area contributed by atoms with Gasteiger partial charge in [0, 0.05) is 38.4 Å².